The second kappa shape index (κ2) is 5.37. The van der Waals surface area contributed by atoms with E-state index in [0.717, 1.165) is 6.42 Å². The number of aryl methyl sites for hydroxylation is 2. The van der Waals surface area contributed by atoms with Crippen LogP contribution >= 0.6 is 0 Å². The van der Waals surface area contributed by atoms with Crippen LogP contribution < -0.4 is 9.47 Å². The van der Waals surface area contributed by atoms with E-state index in [1.54, 1.807) is 18.2 Å². The quantitative estimate of drug-likeness (QED) is 0.796. The van der Waals surface area contributed by atoms with E-state index in [0.29, 0.717) is 23.5 Å². The van der Waals surface area contributed by atoms with Gasteiger partial charge in [-0.1, -0.05) is 24.3 Å². The maximum absolute atomic E-state index is 12.2. The van der Waals surface area contributed by atoms with Crippen LogP contribution in [0.3, 0.4) is 0 Å². The monoisotopic (exact) mass is 268 g/mol. The van der Waals surface area contributed by atoms with E-state index in [1.165, 1.54) is 11.1 Å². The Labute approximate surface area is 118 Å². The standard InChI is InChI=1S/C17H16O3/c1-12-4-2-3-5-13(12)6-8-15(18)14-7-9-16-17(10-14)20-11-19-16/h2-5,7,9-10H,6,8,11H2,1H3. The predicted molar refractivity (Wildman–Crippen MR) is 76.4 cm³/mol. The fourth-order valence-corrected chi connectivity index (χ4v) is 2.35. The van der Waals surface area contributed by atoms with E-state index < -0.39 is 0 Å². The van der Waals surface area contributed by atoms with E-state index in [-0.39, 0.29) is 12.6 Å². The summed E-state index contributed by atoms with van der Waals surface area (Å²) in [7, 11) is 0. The average molecular weight is 268 g/mol. The van der Waals surface area contributed by atoms with Crippen molar-refractivity contribution in [2.24, 2.45) is 0 Å². The molecule has 0 atom stereocenters. The first-order valence-corrected chi connectivity index (χ1v) is 6.71. The largest absolute Gasteiger partial charge is 0.454 e. The molecule has 0 aliphatic carbocycles. The van der Waals surface area contributed by atoms with Gasteiger partial charge in [-0.3, -0.25) is 4.79 Å². The molecule has 1 aliphatic heterocycles. The van der Waals surface area contributed by atoms with Crippen molar-refractivity contribution < 1.29 is 14.3 Å². The Morgan fingerprint density at radius 2 is 1.90 bits per heavy atom. The van der Waals surface area contributed by atoms with Crippen molar-refractivity contribution in [2.45, 2.75) is 19.8 Å². The number of fused-ring (bicyclic) bond motifs is 1. The van der Waals surface area contributed by atoms with E-state index in [9.17, 15) is 4.79 Å². The molecule has 0 unspecified atom stereocenters. The van der Waals surface area contributed by atoms with Gasteiger partial charge < -0.3 is 9.47 Å². The lowest BCUT2D eigenvalue weighted by atomic mass is 9.99. The summed E-state index contributed by atoms with van der Waals surface area (Å²) in [5.41, 5.74) is 3.13. The zero-order valence-electron chi connectivity index (χ0n) is 11.4. The Hall–Kier alpha value is -2.29. The highest BCUT2D eigenvalue weighted by molar-refractivity contribution is 5.96. The summed E-state index contributed by atoms with van der Waals surface area (Å²) in [4.78, 5) is 12.2. The zero-order chi connectivity index (χ0) is 13.9. The van der Waals surface area contributed by atoms with Gasteiger partial charge in [-0.05, 0) is 42.7 Å². The molecule has 0 saturated heterocycles. The molecular formula is C17H16O3. The molecule has 0 aromatic heterocycles. The third-order valence-corrected chi connectivity index (χ3v) is 3.58. The first-order valence-electron chi connectivity index (χ1n) is 6.71. The van der Waals surface area contributed by atoms with Gasteiger partial charge in [-0.15, -0.1) is 0 Å². The molecule has 3 nitrogen and oxygen atoms in total. The Bertz CT molecular complexity index is 646. The van der Waals surface area contributed by atoms with Gasteiger partial charge in [0.2, 0.25) is 6.79 Å². The topological polar surface area (TPSA) is 35.5 Å². The molecule has 0 fully saturated rings. The van der Waals surface area contributed by atoms with Gasteiger partial charge in [-0.25, -0.2) is 0 Å². The zero-order valence-corrected chi connectivity index (χ0v) is 11.4. The molecule has 0 radical (unpaired) electrons. The highest BCUT2D eigenvalue weighted by Gasteiger charge is 2.16. The first-order chi connectivity index (χ1) is 9.74. The highest BCUT2D eigenvalue weighted by Crippen LogP contribution is 2.32. The molecule has 1 heterocycles. The molecule has 2 aromatic rings. The fraction of sp³-hybridized carbons (Fsp3) is 0.235. The summed E-state index contributed by atoms with van der Waals surface area (Å²) in [5, 5.41) is 0. The van der Waals surface area contributed by atoms with Crippen LogP contribution in [0.25, 0.3) is 0 Å². The molecule has 0 saturated carbocycles. The van der Waals surface area contributed by atoms with E-state index in [4.69, 9.17) is 9.47 Å². The number of ketones is 1. The third-order valence-electron chi connectivity index (χ3n) is 3.58. The Morgan fingerprint density at radius 1 is 1.10 bits per heavy atom. The highest BCUT2D eigenvalue weighted by atomic mass is 16.7. The minimum atomic E-state index is 0.131. The third kappa shape index (κ3) is 2.52. The maximum atomic E-state index is 12.2. The minimum Gasteiger partial charge on any atom is -0.454 e. The van der Waals surface area contributed by atoms with Gasteiger partial charge in [0.15, 0.2) is 17.3 Å². The first kappa shape index (κ1) is 12.7. The fourth-order valence-electron chi connectivity index (χ4n) is 2.35. The lowest BCUT2D eigenvalue weighted by Crippen LogP contribution is -2.02. The summed E-state index contributed by atoms with van der Waals surface area (Å²) >= 11 is 0. The van der Waals surface area contributed by atoms with E-state index in [1.807, 2.05) is 12.1 Å². The lowest BCUT2D eigenvalue weighted by molar-refractivity contribution is 0.0982. The summed E-state index contributed by atoms with van der Waals surface area (Å²) in [6, 6.07) is 13.5. The van der Waals surface area contributed by atoms with Crippen molar-refractivity contribution in [3.63, 3.8) is 0 Å². The van der Waals surface area contributed by atoms with Crippen molar-refractivity contribution >= 4 is 5.78 Å². The number of hydrogen-bond donors (Lipinski definition) is 0. The minimum absolute atomic E-state index is 0.131. The SMILES string of the molecule is Cc1ccccc1CCC(=O)c1ccc2c(c1)OCO2. The maximum Gasteiger partial charge on any atom is 0.231 e. The molecule has 0 N–H and O–H groups in total. The van der Waals surface area contributed by atoms with Gasteiger partial charge >= 0.3 is 0 Å². The van der Waals surface area contributed by atoms with Crippen molar-refractivity contribution in [2.75, 3.05) is 6.79 Å². The molecule has 0 amide bonds. The van der Waals surface area contributed by atoms with Gasteiger partial charge in [0, 0.05) is 12.0 Å². The summed E-state index contributed by atoms with van der Waals surface area (Å²) < 4.78 is 10.5. The summed E-state index contributed by atoms with van der Waals surface area (Å²) in [6.07, 6.45) is 1.27. The molecule has 2 aromatic carbocycles. The van der Waals surface area contributed by atoms with Gasteiger partial charge in [-0.2, -0.15) is 0 Å². The van der Waals surface area contributed by atoms with Gasteiger partial charge in [0.05, 0.1) is 0 Å². The molecule has 1 aliphatic rings. The molecule has 3 heteroatoms. The average Bonchev–Trinajstić information content (AvgIpc) is 2.93. The Morgan fingerprint density at radius 3 is 2.75 bits per heavy atom. The Balaban J connectivity index is 1.69. The number of ether oxygens (including phenoxy) is 2. The number of rotatable bonds is 4. The van der Waals surface area contributed by atoms with Crippen LogP contribution in [-0.2, 0) is 6.42 Å². The van der Waals surface area contributed by atoms with Crippen LogP contribution in [0.2, 0.25) is 0 Å². The van der Waals surface area contributed by atoms with Crippen molar-refractivity contribution in [1.29, 1.82) is 0 Å². The van der Waals surface area contributed by atoms with Crippen molar-refractivity contribution in [3.05, 3.63) is 59.2 Å². The van der Waals surface area contributed by atoms with Crippen LogP contribution in [0.1, 0.15) is 27.9 Å². The van der Waals surface area contributed by atoms with Crippen molar-refractivity contribution in [3.8, 4) is 11.5 Å². The molecule has 20 heavy (non-hydrogen) atoms. The van der Waals surface area contributed by atoms with Gasteiger partial charge in [0.1, 0.15) is 0 Å². The number of carbonyl (C=O) groups excluding carboxylic acids is 1. The number of carbonyl (C=O) groups is 1. The van der Waals surface area contributed by atoms with Crippen LogP contribution in [-0.4, -0.2) is 12.6 Å². The molecule has 0 spiro atoms. The Kier molecular flexibility index (Phi) is 3.42. The van der Waals surface area contributed by atoms with Gasteiger partial charge in [0.25, 0.3) is 0 Å². The van der Waals surface area contributed by atoms with Crippen molar-refractivity contribution in [1.82, 2.24) is 0 Å². The number of benzene rings is 2. The number of hydrogen-bond acceptors (Lipinski definition) is 3. The van der Waals surface area contributed by atoms with E-state index >= 15 is 0 Å². The normalized spacial score (nSPS) is 12.4. The number of Topliss-reactive ketones (excluding diaryl/α,β-unsaturated/α-hetero) is 1. The van der Waals surface area contributed by atoms with E-state index in [2.05, 4.69) is 19.1 Å². The second-order valence-corrected chi connectivity index (χ2v) is 4.92. The molecular weight excluding hydrogens is 252 g/mol. The van der Waals surface area contributed by atoms with Crippen LogP contribution in [0.15, 0.2) is 42.5 Å². The van der Waals surface area contributed by atoms with Crippen LogP contribution in [0.4, 0.5) is 0 Å². The molecule has 3 rings (SSSR count). The summed E-state index contributed by atoms with van der Waals surface area (Å²) in [5.74, 6) is 1.50. The molecule has 0 bridgehead atoms. The summed E-state index contributed by atoms with van der Waals surface area (Å²) in [6.45, 7) is 2.30. The smallest absolute Gasteiger partial charge is 0.231 e. The molecule has 102 valence electrons. The lowest BCUT2D eigenvalue weighted by Gasteiger charge is -2.05. The second-order valence-electron chi connectivity index (χ2n) is 4.92. The van der Waals surface area contributed by atoms with Crippen LogP contribution in [0.5, 0.6) is 11.5 Å². The predicted octanol–water partition coefficient (Wildman–Crippen LogP) is 3.54. The van der Waals surface area contributed by atoms with Crippen LogP contribution in [0, 0.1) is 6.92 Å².